The van der Waals surface area contributed by atoms with Gasteiger partial charge in [-0.1, -0.05) is 0 Å². The third-order valence-electron chi connectivity index (χ3n) is 1.44. The molecule has 0 radical (unpaired) electrons. The van der Waals surface area contributed by atoms with Crippen molar-refractivity contribution in [3.8, 4) is 0 Å². The van der Waals surface area contributed by atoms with Crippen LogP contribution in [0.25, 0.3) is 0 Å². The Morgan fingerprint density at radius 3 is 2.90 bits per heavy atom. The van der Waals surface area contributed by atoms with Gasteiger partial charge < -0.3 is 4.74 Å². The van der Waals surface area contributed by atoms with Crippen LogP contribution >= 0.6 is 11.8 Å². The van der Waals surface area contributed by atoms with Crippen LogP contribution in [-0.4, -0.2) is 24.6 Å². The van der Waals surface area contributed by atoms with E-state index < -0.39 is 0 Å². The molecule has 10 heavy (non-hydrogen) atoms. The van der Waals surface area contributed by atoms with Crippen molar-refractivity contribution in [1.82, 2.24) is 0 Å². The molecule has 3 heteroatoms. The first-order chi connectivity index (χ1) is 4.83. The number of carbonyl (C=O) groups is 1. The first kappa shape index (κ1) is 7.92. The third-order valence-corrected chi connectivity index (χ3v) is 1.96. The van der Waals surface area contributed by atoms with Gasteiger partial charge in [0.15, 0.2) is 0 Å². The maximum atomic E-state index is 10.7. The Kier molecular flexibility index (Phi) is 3.06. The molecule has 0 saturated heterocycles. The van der Waals surface area contributed by atoms with Crippen LogP contribution in [0.1, 0.15) is 12.8 Å². The van der Waals surface area contributed by atoms with Crippen LogP contribution in [0.3, 0.4) is 0 Å². The highest BCUT2D eigenvalue weighted by molar-refractivity contribution is 7.99. The molecule has 1 rings (SSSR count). The van der Waals surface area contributed by atoms with Crippen LogP contribution in [0.15, 0.2) is 0 Å². The minimum atomic E-state index is -0.0700. The second-order valence-corrected chi connectivity index (χ2v) is 3.43. The Morgan fingerprint density at radius 1 is 1.70 bits per heavy atom. The molecular formula is C7H12O2S. The molecule has 2 nitrogen and oxygen atoms in total. The number of thioether (sulfide) groups is 1. The Bertz CT molecular complexity index is 121. The molecule has 0 atom stereocenters. The number of ether oxygens (including phenoxy) is 1. The van der Waals surface area contributed by atoms with Gasteiger partial charge in [0.2, 0.25) is 0 Å². The van der Waals surface area contributed by atoms with Gasteiger partial charge in [-0.3, -0.25) is 4.79 Å². The molecule has 0 unspecified atom stereocenters. The van der Waals surface area contributed by atoms with Gasteiger partial charge >= 0.3 is 5.97 Å². The number of rotatable bonds is 4. The van der Waals surface area contributed by atoms with Crippen molar-refractivity contribution >= 4 is 17.7 Å². The van der Waals surface area contributed by atoms with Crippen molar-refractivity contribution in [3.63, 3.8) is 0 Å². The van der Waals surface area contributed by atoms with Gasteiger partial charge in [-0.15, -0.1) is 0 Å². The Balaban J connectivity index is 1.94. The molecule has 0 amide bonds. The van der Waals surface area contributed by atoms with E-state index in [4.69, 9.17) is 4.74 Å². The summed E-state index contributed by atoms with van der Waals surface area (Å²) >= 11 is 1.51. The lowest BCUT2D eigenvalue weighted by molar-refractivity contribution is -0.140. The molecule has 58 valence electrons. The summed E-state index contributed by atoms with van der Waals surface area (Å²) in [5.41, 5.74) is 0. The molecule has 0 N–H and O–H groups in total. The lowest BCUT2D eigenvalue weighted by Crippen LogP contribution is -2.08. The van der Waals surface area contributed by atoms with Gasteiger partial charge in [-0.2, -0.15) is 11.8 Å². The Morgan fingerprint density at radius 2 is 2.40 bits per heavy atom. The van der Waals surface area contributed by atoms with Crippen molar-refractivity contribution in [2.24, 2.45) is 5.92 Å². The number of hydrogen-bond acceptors (Lipinski definition) is 3. The highest BCUT2D eigenvalue weighted by atomic mass is 32.2. The summed E-state index contributed by atoms with van der Waals surface area (Å²) in [6.07, 6.45) is 4.39. The lowest BCUT2D eigenvalue weighted by Gasteiger charge is -2.00. The molecule has 0 bridgehead atoms. The van der Waals surface area contributed by atoms with Gasteiger partial charge in [0.1, 0.15) is 0 Å². The fourth-order valence-corrected chi connectivity index (χ4v) is 0.974. The highest BCUT2D eigenvalue weighted by Gasteiger charge is 2.22. The second-order valence-electron chi connectivity index (χ2n) is 2.56. The summed E-state index contributed by atoms with van der Waals surface area (Å²) in [5, 5.41) is 0. The zero-order chi connectivity index (χ0) is 7.40. The van der Waals surface area contributed by atoms with Crippen LogP contribution in [0.4, 0.5) is 0 Å². The second kappa shape index (κ2) is 3.86. The largest absolute Gasteiger partial charge is 0.465 e. The molecule has 0 aromatic rings. The summed E-state index contributed by atoms with van der Waals surface area (Å²) < 4.78 is 4.95. The Labute approximate surface area is 65.3 Å². The third kappa shape index (κ3) is 3.11. The van der Waals surface area contributed by atoms with E-state index in [9.17, 15) is 4.79 Å². The SMILES string of the molecule is CSCC(=O)OCC1CC1. The van der Waals surface area contributed by atoms with E-state index >= 15 is 0 Å². The maximum Gasteiger partial charge on any atom is 0.315 e. The predicted octanol–water partition coefficient (Wildman–Crippen LogP) is 1.30. The predicted molar refractivity (Wildman–Crippen MR) is 42.1 cm³/mol. The molecule has 1 fully saturated rings. The Hall–Kier alpha value is -0.180. The zero-order valence-electron chi connectivity index (χ0n) is 6.13. The monoisotopic (exact) mass is 160 g/mol. The fourth-order valence-electron chi connectivity index (χ4n) is 0.655. The smallest absolute Gasteiger partial charge is 0.315 e. The van der Waals surface area contributed by atoms with Gasteiger partial charge in [0.25, 0.3) is 0 Å². The number of esters is 1. The standard InChI is InChI=1S/C7H12O2S/c1-10-5-7(8)9-4-6-2-3-6/h6H,2-5H2,1H3. The van der Waals surface area contributed by atoms with Crippen LogP contribution in [-0.2, 0) is 9.53 Å². The van der Waals surface area contributed by atoms with Crippen LogP contribution in [0.5, 0.6) is 0 Å². The first-order valence-electron chi connectivity index (χ1n) is 3.47. The van der Waals surface area contributed by atoms with E-state index in [-0.39, 0.29) is 5.97 Å². The van der Waals surface area contributed by atoms with Crippen molar-refractivity contribution in [2.75, 3.05) is 18.6 Å². The molecule has 1 saturated carbocycles. The summed E-state index contributed by atoms with van der Waals surface area (Å²) in [4.78, 5) is 10.7. The van der Waals surface area contributed by atoms with E-state index in [1.54, 1.807) is 0 Å². The van der Waals surface area contributed by atoms with Gasteiger partial charge in [0, 0.05) is 0 Å². The highest BCUT2D eigenvalue weighted by Crippen LogP contribution is 2.28. The van der Waals surface area contributed by atoms with E-state index in [1.165, 1.54) is 24.6 Å². The van der Waals surface area contributed by atoms with E-state index in [0.29, 0.717) is 18.3 Å². The van der Waals surface area contributed by atoms with E-state index in [2.05, 4.69) is 0 Å². The summed E-state index contributed by atoms with van der Waals surface area (Å²) in [5.74, 6) is 1.11. The maximum absolute atomic E-state index is 10.7. The minimum Gasteiger partial charge on any atom is -0.465 e. The molecule has 0 heterocycles. The normalized spacial score (nSPS) is 16.9. The van der Waals surface area contributed by atoms with Crippen molar-refractivity contribution in [2.45, 2.75) is 12.8 Å². The summed E-state index contributed by atoms with van der Waals surface area (Å²) in [6, 6.07) is 0. The molecule has 0 aromatic heterocycles. The van der Waals surface area contributed by atoms with Crippen LogP contribution < -0.4 is 0 Å². The minimum absolute atomic E-state index is 0.0700. The van der Waals surface area contributed by atoms with Crippen molar-refractivity contribution < 1.29 is 9.53 Å². The number of hydrogen-bond donors (Lipinski definition) is 0. The van der Waals surface area contributed by atoms with E-state index in [0.717, 1.165) is 0 Å². The zero-order valence-corrected chi connectivity index (χ0v) is 6.95. The average Bonchev–Trinajstić information content (AvgIpc) is 2.67. The van der Waals surface area contributed by atoms with Crippen LogP contribution in [0, 0.1) is 5.92 Å². The van der Waals surface area contributed by atoms with Crippen LogP contribution in [0.2, 0.25) is 0 Å². The molecule has 0 aromatic carbocycles. The molecule has 1 aliphatic rings. The summed E-state index contributed by atoms with van der Waals surface area (Å²) in [7, 11) is 0. The van der Waals surface area contributed by atoms with Gasteiger partial charge in [0.05, 0.1) is 12.4 Å². The topological polar surface area (TPSA) is 26.3 Å². The lowest BCUT2D eigenvalue weighted by atomic mass is 10.5. The molecule has 1 aliphatic carbocycles. The molecule has 0 spiro atoms. The quantitative estimate of drug-likeness (QED) is 0.580. The van der Waals surface area contributed by atoms with Gasteiger partial charge in [-0.05, 0) is 25.0 Å². The average molecular weight is 160 g/mol. The van der Waals surface area contributed by atoms with E-state index in [1.807, 2.05) is 6.26 Å². The molecular weight excluding hydrogens is 148 g/mol. The van der Waals surface area contributed by atoms with Gasteiger partial charge in [-0.25, -0.2) is 0 Å². The number of carbonyl (C=O) groups excluding carboxylic acids is 1. The first-order valence-corrected chi connectivity index (χ1v) is 4.87. The summed E-state index contributed by atoms with van der Waals surface area (Å²) in [6.45, 7) is 0.652. The molecule has 0 aliphatic heterocycles. The van der Waals surface area contributed by atoms with Crippen molar-refractivity contribution in [3.05, 3.63) is 0 Å². The fraction of sp³-hybridized carbons (Fsp3) is 0.857. The van der Waals surface area contributed by atoms with Crippen molar-refractivity contribution in [1.29, 1.82) is 0 Å².